The molecule has 2 aromatic rings. The van der Waals surface area contributed by atoms with Crippen LogP contribution in [-0.2, 0) is 11.4 Å². The van der Waals surface area contributed by atoms with E-state index in [1.165, 1.54) is 0 Å². The highest BCUT2D eigenvalue weighted by Crippen LogP contribution is 2.16. The van der Waals surface area contributed by atoms with Gasteiger partial charge in [0, 0.05) is 16.6 Å². The van der Waals surface area contributed by atoms with Crippen molar-refractivity contribution >= 4 is 27.9 Å². The molecule has 0 saturated carbocycles. The number of benzene rings is 2. The molecule has 0 heterocycles. The second kappa shape index (κ2) is 9.28. The third-order valence-electron chi connectivity index (χ3n) is 3.63. The van der Waals surface area contributed by atoms with E-state index in [1.807, 2.05) is 62.4 Å². The van der Waals surface area contributed by atoms with Gasteiger partial charge in [0.2, 0.25) is 5.91 Å². The molecule has 1 N–H and O–H groups in total. The molecule has 1 amide bonds. The van der Waals surface area contributed by atoms with Gasteiger partial charge in [0.1, 0.15) is 12.4 Å². The first kappa shape index (κ1) is 18.3. The topological polar surface area (TPSA) is 38.3 Å². The van der Waals surface area contributed by atoms with E-state index in [4.69, 9.17) is 4.74 Å². The van der Waals surface area contributed by atoms with Gasteiger partial charge in [0.25, 0.3) is 0 Å². The first-order chi connectivity index (χ1) is 11.6. The lowest BCUT2D eigenvalue weighted by Crippen LogP contribution is -2.30. The van der Waals surface area contributed by atoms with Crippen LogP contribution in [0.5, 0.6) is 5.75 Å². The Balaban J connectivity index is 1.86. The van der Waals surface area contributed by atoms with Gasteiger partial charge in [0.15, 0.2) is 0 Å². The zero-order chi connectivity index (χ0) is 17.4. The second-order valence-corrected chi connectivity index (χ2v) is 6.55. The fourth-order valence-electron chi connectivity index (χ4n) is 1.99. The van der Waals surface area contributed by atoms with Crippen molar-refractivity contribution in [3.63, 3.8) is 0 Å². The standard InChI is InChI=1S/C20H22BrNO2/c1-3-15(2)22-20(23)13-8-16-6-11-19(12-7-16)24-14-17-4-9-18(21)10-5-17/h4-13,15H,3,14H2,1-2H3,(H,22,23)/b13-8+. The molecule has 0 spiro atoms. The Morgan fingerprint density at radius 2 is 1.83 bits per heavy atom. The first-order valence-corrected chi connectivity index (χ1v) is 8.82. The average Bonchev–Trinajstić information content (AvgIpc) is 2.60. The van der Waals surface area contributed by atoms with Crippen LogP contribution in [0.25, 0.3) is 6.08 Å². The van der Waals surface area contributed by atoms with Crippen molar-refractivity contribution in [1.82, 2.24) is 5.32 Å². The lowest BCUT2D eigenvalue weighted by Gasteiger charge is -2.08. The van der Waals surface area contributed by atoms with Crippen molar-refractivity contribution in [3.8, 4) is 5.75 Å². The molecule has 126 valence electrons. The molecule has 0 aliphatic heterocycles. The van der Waals surface area contributed by atoms with Crippen molar-refractivity contribution < 1.29 is 9.53 Å². The Labute approximate surface area is 151 Å². The molecule has 2 aromatic carbocycles. The second-order valence-electron chi connectivity index (χ2n) is 5.64. The lowest BCUT2D eigenvalue weighted by molar-refractivity contribution is -0.117. The molecule has 3 nitrogen and oxygen atoms in total. The molecule has 0 radical (unpaired) electrons. The van der Waals surface area contributed by atoms with E-state index in [0.29, 0.717) is 6.61 Å². The highest BCUT2D eigenvalue weighted by molar-refractivity contribution is 9.10. The van der Waals surface area contributed by atoms with E-state index in [9.17, 15) is 4.79 Å². The summed E-state index contributed by atoms with van der Waals surface area (Å²) in [6.07, 6.45) is 4.28. The summed E-state index contributed by atoms with van der Waals surface area (Å²) in [6.45, 7) is 4.56. The van der Waals surface area contributed by atoms with Gasteiger partial charge in [-0.3, -0.25) is 4.79 Å². The lowest BCUT2D eigenvalue weighted by atomic mass is 10.2. The Hall–Kier alpha value is -2.07. The van der Waals surface area contributed by atoms with Crippen LogP contribution in [0.3, 0.4) is 0 Å². The maximum Gasteiger partial charge on any atom is 0.244 e. The fourth-order valence-corrected chi connectivity index (χ4v) is 2.25. The Kier molecular flexibility index (Phi) is 7.07. The van der Waals surface area contributed by atoms with Crippen LogP contribution in [0.1, 0.15) is 31.4 Å². The highest BCUT2D eigenvalue weighted by Gasteiger charge is 2.01. The van der Waals surface area contributed by atoms with Crippen LogP contribution in [0, 0.1) is 0 Å². The normalized spacial score (nSPS) is 12.1. The van der Waals surface area contributed by atoms with Crippen LogP contribution in [-0.4, -0.2) is 11.9 Å². The van der Waals surface area contributed by atoms with E-state index in [-0.39, 0.29) is 11.9 Å². The summed E-state index contributed by atoms with van der Waals surface area (Å²) >= 11 is 3.42. The van der Waals surface area contributed by atoms with Crippen molar-refractivity contribution in [2.75, 3.05) is 0 Å². The van der Waals surface area contributed by atoms with Crippen LogP contribution < -0.4 is 10.1 Å². The van der Waals surface area contributed by atoms with Crippen molar-refractivity contribution in [3.05, 3.63) is 70.2 Å². The summed E-state index contributed by atoms with van der Waals surface area (Å²) < 4.78 is 6.82. The Morgan fingerprint density at radius 1 is 1.17 bits per heavy atom. The number of halogens is 1. The minimum Gasteiger partial charge on any atom is -0.489 e. The SMILES string of the molecule is CCC(C)NC(=O)/C=C/c1ccc(OCc2ccc(Br)cc2)cc1. The van der Waals surface area contributed by atoms with Crippen LogP contribution in [0.15, 0.2) is 59.1 Å². The molecular formula is C20H22BrNO2. The maximum absolute atomic E-state index is 11.7. The fraction of sp³-hybridized carbons (Fsp3) is 0.250. The number of nitrogens with one attached hydrogen (secondary N) is 1. The van der Waals surface area contributed by atoms with E-state index >= 15 is 0 Å². The number of rotatable bonds is 7. The Bertz CT molecular complexity index is 678. The number of ether oxygens (including phenoxy) is 1. The van der Waals surface area contributed by atoms with Crippen LogP contribution in [0.4, 0.5) is 0 Å². The number of hydrogen-bond donors (Lipinski definition) is 1. The molecule has 0 fully saturated rings. The van der Waals surface area contributed by atoms with E-state index in [1.54, 1.807) is 12.2 Å². The number of amides is 1. The molecule has 0 aromatic heterocycles. The third-order valence-corrected chi connectivity index (χ3v) is 4.16. The van der Waals surface area contributed by atoms with Gasteiger partial charge >= 0.3 is 0 Å². The van der Waals surface area contributed by atoms with E-state index < -0.39 is 0 Å². The third kappa shape index (κ3) is 6.20. The van der Waals surface area contributed by atoms with Gasteiger partial charge in [-0.1, -0.05) is 47.1 Å². The number of carbonyl (C=O) groups excluding carboxylic acids is 1. The zero-order valence-corrected chi connectivity index (χ0v) is 15.5. The van der Waals surface area contributed by atoms with Crippen LogP contribution in [0.2, 0.25) is 0 Å². The molecule has 0 bridgehead atoms. The quantitative estimate of drug-likeness (QED) is 0.682. The zero-order valence-electron chi connectivity index (χ0n) is 14.0. The maximum atomic E-state index is 11.7. The molecule has 0 aliphatic carbocycles. The predicted octanol–water partition coefficient (Wildman–Crippen LogP) is 4.96. The predicted molar refractivity (Wildman–Crippen MR) is 102 cm³/mol. The largest absolute Gasteiger partial charge is 0.489 e. The molecule has 24 heavy (non-hydrogen) atoms. The van der Waals surface area contributed by atoms with Gasteiger partial charge < -0.3 is 10.1 Å². The number of hydrogen-bond acceptors (Lipinski definition) is 2. The van der Waals surface area contributed by atoms with Crippen molar-refractivity contribution in [2.45, 2.75) is 32.9 Å². The summed E-state index contributed by atoms with van der Waals surface area (Å²) in [4.78, 5) is 11.7. The molecule has 4 heteroatoms. The van der Waals surface area contributed by atoms with E-state index in [0.717, 1.165) is 27.8 Å². The van der Waals surface area contributed by atoms with Crippen LogP contribution >= 0.6 is 15.9 Å². The van der Waals surface area contributed by atoms with Crippen molar-refractivity contribution in [1.29, 1.82) is 0 Å². The van der Waals surface area contributed by atoms with Gasteiger partial charge in [-0.2, -0.15) is 0 Å². The number of carbonyl (C=O) groups is 1. The molecule has 0 aliphatic rings. The van der Waals surface area contributed by atoms with Gasteiger partial charge in [-0.25, -0.2) is 0 Å². The summed E-state index contributed by atoms with van der Waals surface area (Å²) in [5.41, 5.74) is 2.08. The smallest absolute Gasteiger partial charge is 0.244 e. The highest BCUT2D eigenvalue weighted by atomic mass is 79.9. The summed E-state index contributed by atoms with van der Waals surface area (Å²) in [5.74, 6) is 0.735. The van der Waals surface area contributed by atoms with Gasteiger partial charge in [-0.05, 0) is 54.8 Å². The van der Waals surface area contributed by atoms with Gasteiger partial charge in [0.05, 0.1) is 0 Å². The van der Waals surface area contributed by atoms with Gasteiger partial charge in [-0.15, -0.1) is 0 Å². The summed E-state index contributed by atoms with van der Waals surface area (Å²) in [6, 6.07) is 15.9. The molecular weight excluding hydrogens is 366 g/mol. The van der Waals surface area contributed by atoms with E-state index in [2.05, 4.69) is 21.2 Å². The molecule has 2 rings (SSSR count). The Morgan fingerprint density at radius 3 is 2.46 bits per heavy atom. The minimum atomic E-state index is -0.0695. The molecule has 1 atom stereocenters. The minimum absolute atomic E-state index is 0.0695. The van der Waals surface area contributed by atoms with Crippen molar-refractivity contribution in [2.24, 2.45) is 0 Å². The summed E-state index contributed by atoms with van der Waals surface area (Å²) in [7, 11) is 0. The molecule has 1 unspecified atom stereocenters. The first-order valence-electron chi connectivity index (χ1n) is 8.02. The molecule has 0 saturated heterocycles. The summed E-state index contributed by atoms with van der Waals surface area (Å²) in [5, 5.41) is 2.90. The average molecular weight is 388 g/mol. The monoisotopic (exact) mass is 387 g/mol.